The second-order valence-corrected chi connectivity index (χ2v) is 5.98. The van der Waals surface area contributed by atoms with Gasteiger partial charge < -0.3 is 10.4 Å². The molecule has 0 saturated heterocycles. The number of aliphatic carboxylic acids is 1. The van der Waals surface area contributed by atoms with Gasteiger partial charge in [0.05, 0.1) is 4.88 Å². The van der Waals surface area contributed by atoms with Crippen molar-refractivity contribution in [3.8, 4) is 11.1 Å². The molecule has 21 heavy (non-hydrogen) atoms. The van der Waals surface area contributed by atoms with Crippen molar-refractivity contribution in [2.24, 2.45) is 5.92 Å². The van der Waals surface area contributed by atoms with Gasteiger partial charge in [-0.2, -0.15) is 0 Å². The first-order valence-corrected chi connectivity index (χ1v) is 7.55. The molecule has 2 aromatic rings. The predicted octanol–water partition coefficient (Wildman–Crippen LogP) is 3.25. The minimum Gasteiger partial charge on any atom is -0.480 e. The molecule has 2 rings (SSSR count). The van der Waals surface area contributed by atoms with E-state index in [1.807, 2.05) is 41.8 Å². The van der Waals surface area contributed by atoms with Crippen LogP contribution in [-0.4, -0.2) is 23.0 Å². The highest BCUT2D eigenvalue weighted by Gasteiger charge is 2.25. The van der Waals surface area contributed by atoms with Crippen molar-refractivity contribution in [1.29, 1.82) is 0 Å². The van der Waals surface area contributed by atoms with Crippen molar-refractivity contribution in [2.75, 3.05) is 0 Å². The zero-order valence-electron chi connectivity index (χ0n) is 11.9. The number of thiophene rings is 1. The fourth-order valence-corrected chi connectivity index (χ4v) is 2.87. The van der Waals surface area contributed by atoms with E-state index < -0.39 is 12.0 Å². The fraction of sp³-hybridized carbons (Fsp3) is 0.250. The molecular formula is C16H17NO3S. The second kappa shape index (κ2) is 6.54. The Balaban J connectivity index is 2.25. The third kappa shape index (κ3) is 3.49. The number of carbonyl (C=O) groups is 2. The van der Waals surface area contributed by atoms with Gasteiger partial charge in [0.15, 0.2) is 0 Å². The molecule has 0 fully saturated rings. The molecule has 1 atom stereocenters. The second-order valence-electron chi connectivity index (χ2n) is 5.06. The van der Waals surface area contributed by atoms with Gasteiger partial charge in [0.25, 0.3) is 5.91 Å². The molecule has 0 saturated carbocycles. The summed E-state index contributed by atoms with van der Waals surface area (Å²) in [5.41, 5.74) is 1.77. The van der Waals surface area contributed by atoms with Crippen LogP contribution in [0.1, 0.15) is 23.5 Å². The highest BCUT2D eigenvalue weighted by molar-refractivity contribution is 7.12. The van der Waals surface area contributed by atoms with Crippen LogP contribution in [0, 0.1) is 5.92 Å². The zero-order valence-corrected chi connectivity index (χ0v) is 12.7. The summed E-state index contributed by atoms with van der Waals surface area (Å²) in [5, 5.41) is 13.6. The zero-order chi connectivity index (χ0) is 15.4. The molecule has 2 N–H and O–H groups in total. The maximum Gasteiger partial charge on any atom is 0.326 e. The van der Waals surface area contributed by atoms with Crippen molar-refractivity contribution >= 4 is 23.2 Å². The number of carbonyl (C=O) groups excluding carboxylic acids is 1. The van der Waals surface area contributed by atoms with Gasteiger partial charge in [-0.25, -0.2) is 4.79 Å². The average Bonchev–Trinajstić information content (AvgIpc) is 2.94. The minimum atomic E-state index is -1.02. The van der Waals surface area contributed by atoms with Crippen LogP contribution in [0.5, 0.6) is 0 Å². The van der Waals surface area contributed by atoms with Crippen LogP contribution in [0.2, 0.25) is 0 Å². The Morgan fingerprint density at radius 3 is 2.38 bits per heavy atom. The van der Waals surface area contributed by atoms with Gasteiger partial charge >= 0.3 is 5.97 Å². The Morgan fingerprint density at radius 2 is 1.81 bits per heavy atom. The van der Waals surface area contributed by atoms with Gasteiger partial charge in [0, 0.05) is 5.56 Å². The SMILES string of the molecule is CC(C)[C@@H](NC(=O)c1sccc1-c1ccccc1)C(=O)O. The van der Waals surface area contributed by atoms with E-state index in [0.717, 1.165) is 11.1 Å². The summed E-state index contributed by atoms with van der Waals surface area (Å²) in [6.07, 6.45) is 0. The highest BCUT2D eigenvalue weighted by Crippen LogP contribution is 2.28. The molecule has 1 aromatic carbocycles. The Kier molecular flexibility index (Phi) is 4.75. The number of hydrogen-bond donors (Lipinski definition) is 2. The van der Waals surface area contributed by atoms with Crippen molar-refractivity contribution in [3.05, 3.63) is 46.7 Å². The number of carboxylic acids is 1. The Labute approximate surface area is 127 Å². The molecule has 1 aromatic heterocycles. The van der Waals surface area contributed by atoms with Crippen LogP contribution in [0.4, 0.5) is 0 Å². The number of benzene rings is 1. The Hall–Kier alpha value is -2.14. The molecule has 0 unspecified atom stereocenters. The largest absolute Gasteiger partial charge is 0.480 e. The van der Waals surface area contributed by atoms with Gasteiger partial charge in [0.1, 0.15) is 6.04 Å². The first-order valence-electron chi connectivity index (χ1n) is 6.67. The van der Waals surface area contributed by atoms with Gasteiger partial charge in [-0.1, -0.05) is 44.2 Å². The van der Waals surface area contributed by atoms with Crippen LogP contribution in [0.3, 0.4) is 0 Å². The van der Waals surface area contributed by atoms with Crippen LogP contribution < -0.4 is 5.32 Å². The topological polar surface area (TPSA) is 66.4 Å². The maximum absolute atomic E-state index is 12.4. The van der Waals surface area contributed by atoms with E-state index in [-0.39, 0.29) is 11.8 Å². The van der Waals surface area contributed by atoms with Crippen LogP contribution in [-0.2, 0) is 4.79 Å². The van der Waals surface area contributed by atoms with Crippen LogP contribution in [0.15, 0.2) is 41.8 Å². The van der Waals surface area contributed by atoms with Crippen molar-refractivity contribution in [3.63, 3.8) is 0 Å². The normalized spacial score (nSPS) is 12.1. The fourth-order valence-electron chi connectivity index (χ4n) is 2.05. The monoisotopic (exact) mass is 303 g/mol. The summed E-state index contributed by atoms with van der Waals surface area (Å²) in [6.45, 7) is 3.54. The molecule has 110 valence electrons. The lowest BCUT2D eigenvalue weighted by atomic mass is 10.0. The Bertz CT molecular complexity index is 634. The van der Waals surface area contributed by atoms with E-state index in [1.165, 1.54) is 11.3 Å². The smallest absolute Gasteiger partial charge is 0.326 e. The summed E-state index contributed by atoms with van der Waals surface area (Å²) >= 11 is 1.31. The van der Waals surface area contributed by atoms with Gasteiger partial charge in [-0.3, -0.25) is 4.79 Å². The summed E-state index contributed by atoms with van der Waals surface area (Å²) < 4.78 is 0. The molecule has 0 aliphatic carbocycles. The van der Waals surface area contributed by atoms with Gasteiger partial charge in [-0.05, 0) is 22.9 Å². The predicted molar refractivity (Wildman–Crippen MR) is 83.5 cm³/mol. The van der Waals surface area contributed by atoms with Crippen LogP contribution in [0.25, 0.3) is 11.1 Å². The van der Waals surface area contributed by atoms with Crippen molar-refractivity contribution in [2.45, 2.75) is 19.9 Å². The van der Waals surface area contributed by atoms with Crippen LogP contribution >= 0.6 is 11.3 Å². The van der Waals surface area contributed by atoms with E-state index in [0.29, 0.717) is 4.88 Å². The lowest BCUT2D eigenvalue weighted by Crippen LogP contribution is -2.44. The van der Waals surface area contributed by atoms with Gasteiger partial charge in [-0.15, -0.1) is 11.3 Å². The number of amides is 1. The molecule has 0 aliphatic heterocycles. The molecule has 0 bridgehead atoms. The van der Waals surface area contributed by atoms with Crippen molar-refractivity contribution < 1.29 is 14.7 Å². The first-order chi connectivity index (χ1) is 10.0. The number of nitrogens with one attached hydrogen (secondary N) is 1. The molecule has 5 heteroatoms. The highest BCUT2D eigenvalue weighted by atomic mass is 32.1. The third-order valence-corrected chi connectivity index (χ3v) is 4.09. The molecule has 1 heterocycles. The van der Waals surface area contributed by atoms with E-state index in [4.69, 9.17) is 5.11 Å². The molecule has 0 radical (unpaired) electrons. The first kappa shape index (κ1) is 15.3. The molecule has 1 amide bonds. The summed E-state index contributed by atoms with van der Waals surface area (Å²) in [4.78, 5) is 24.1. The average molecular weight is 303 g/mol. The number of hydrogen-bond acceptors (Lipinski definition) is 3. The molecular weight excluding hydrogens is 286 g/mol. The molecule has 0 aliphatic rings. The quantitative estimate of drug-likeness (QED) is 0.891. The number of carboxylic acid groups (broad SMARTS) is 1. The summed E-state index contributed by atoms with van der Waals surface area (Å²) in [5.74, 6) is -1.53. The van der Waals surface area contributed by atoms with E-state index in [2.05, 4.69) is 5.32 Å². The van der Waals surface area contributed by atoms with Gasteiger partial charge in [0.2, 0.25) is 0 Å². The van der Waals surface area contributed by atoms with E-state index >= 15 is 0 Å². The third-order valence-electron chi connectivity index (χ3n) is 3.18. The maximum atomic E-state index is 12.4. The summed E-state index contributed by atoms with van der Waals surface area (Å²) in [6, 6.07) is 10.6. The van der Waals surface area contributed by atoms with E-state index in [1.54, 1.807) is 13.8 Å². The standard InChI is InChI=1S/C16H17NO3S/c1-10(2)13(16(19)20)17-15(18)14-12(8-9-21-14)11-6-4-3-5-7-11/h3-10,13H,1-2H3,(H,17,18)(H,19,20)/t13-/m1/s1. The molecule has 0 spiro atoms. The molecule has 4 nitrogen and oxygen atoms in total. The van der Waals surface area contributed by atoms with Crippen molar-refractivity contribution in [1.82, 2.24) is 5.32 Å². The summed E-state index contributed by atoms with van der Waals surface area (Å²) in [7, 11) is 0. The lowest BCUT2D eigenvalue weighted by Gasteiger charge is -2.17. The lowest BCUT2D eigenvalue weighted by molar-refractivity contribution is -0.140. The van der Waals surface area contributed by atoms with E-state index in [9.17, 15) is 9.59 Å². The Morgan fingerprint density at radius 1 is 1.14 bits per heavy atom. The number of rotatable bonds is 5. The minimum absolute atomic E-state index is 0.174.